The number of hydrogen-bond acceptors (Lipinski definition) is 2. The molecule has 0 fully saturated rings. The van der Waals surface area contributed by atoms with E-state index in [-0.39, 0.29) is 0 Å². The Morgan fingerprint density at radius 3 is 2.79 bits per heavy atom. The first-order chi connectivity index (χ1) is 9.06. The fraction of sp³-hybridized carbons (Fsp3) is 0.357. The molecule has 102 valence electrons. The maximum Gasteiger partial charge on any atom is 0.334 e. The maximum atomic E-state index is 11.2. The Kier molecular flexibility index (Phi) is 4.27. The average Bonchev–Trinajstić information content (AvgIpc) is 2.63. The van der Waals surface area contributed by atoms with Crippen LogP contribution < -0.4 is 0 Å². The predicted octanol–water partition coefficient (Wildman–Crippen LogP) is 3.20. The summed E-state index contributed by atoms with van der Waals surface area (Å²) in [5.41, 5.74) is 2.02. The van der Waals surface area contributed by atoms with Gasteiger partial charge in [-0.25, -0.2) is 4.79 Å². The van der Waals surface area contributed by atoms with Crippen molar-refractivity contribution in [2.75, 3.05) is 6.61 Å². The molecule has 0 bridgehead atoms. The molecule has 1 aromatic carbocycles. The quantitative estimate of drug-likeness (QED) is 0.918. The fourth-order valence-electron chi connectivity index (χ4n) is 2.19. The number of para-hydroxylation sites is 1. The van der Waals surface area contributed by atoms with Crippen LogP contribution in [0.2, 0.25) is 0 Å². The van der Waals surface area contributed by atoms with Gasteiger partial charge in [0, 0.05) is 27.7 Å². The number of carboxylic acids is 1. The van der Waals surface area contributed by atoms with Gasteiger partial charge in [-0.05, 0) is 35.8 Å². The molecule has 1 atom stereocenters. The Morgan fingerprint density at radius 1 is 1.47 bits per heavy atom. The highest BCUT2D eigenvalue weighted by Gasteiger charge is 2.21. The number of aliphatic carboxylic acids is 1. The molecule has 0 aliphatic carbocycles. The normalized spacial score (nSPS) is 12.8. The van der Waals surface area contributed by atoms with Crippen molar-refractivity contribution in [2.45, 2.75) is 26.5 Å². The van der Waals surface area contributed by atoms with Crippen molar-refractivity contribution < 1.29 is 14.6 Å². The zero-order valence-corrected chi connectivity index (χ0v) is 12.5. The number of hydrogen-bond donors (Lipinski definition) is 1. The first kappa shape index (κ1) is 14.1. The summed E-state index contributed by atoms with van der Waals surface area (Å²) in [5, 5.41) is 10.3. The molecule has 1 heterocycles. The topological polar surface area (TPSA) is 51.5 Å². The molecule has 0 saturated heterocycles. The SMILES string of the molecule is CCOC(Cn1c(C)c(Br)c2ccccc21)C(=O)O. The van der Waals surface area contributed by atoms with Gasteiger partial charge < -0.3 is 14.4 Å². The largest absolute Gasteiger partial charge is 0.479 e. The average molecular weight is 326 g/mol. The summed E-state index contributed by atoms with van der Waals surface area (Å²) in [6.45, 7) is 4.46. The van der Waals surface area contributed by atoms with Crippen LogP contribution in [-0.4, -0.2) is 28.4 Å². The molecule has 0 saturated carbocycles. The number of carbonyl (C=O) groups is 1. The van der Waals surface area contributed by atoms with Crippen LogP contribution in [0.25, 0.3) is 10.9 Å². The van der Waals surface area contributed by atoms with Crippen LogP contribution in [0.5, 0.6) is 0 Å². The van der Waals surface area contributed by atoms with E-state index in [2.05, 4.69) is 15.9 Å². The Morgan fingerprint density at radius 2 is 2.16 bits per heavy atom. The van der Waals surface area contributed by atoms with E-state index >= 15 is 0 Å². The van der Waals surface area contributed by atoms with Crippen molar-refractivity contribution in [1.82, 2.24) is 4.57 Å². The zero-order valence-electron chi connectivity index (χ0n) is 10.9. The van der Waals surface area contributed by atoms with Gasteiger partial charge in [-0.15, -0.1) is 0 Å². The molecular formula is C14H16BrNO3. The highest BCUT2D eigenvalue weighted by molar-refractivity contribution is 9.10. The second-order valence-electron chi connectivity index (χ2n) is 4.31. The Hall–Kier alpha value is -1.33. The minimum atomic E-state index is -0.935. The standard InChI is InChI=1S/C14H16BrNO3/c1-3-19-12(14(17)18)8-16-9(2)13(15)10-6-4-5-7-11(10)16/h4-7,12H,3,8H2,1-2H3,(H,17,18). The van der Waals surface area contributed by atoms with E-state index in [0.29, 0.717) is 13.2 Å². The molecule has 5 heteroatoms. The van der Waals surface area contributed by atoms with Crippen molar-refractivity contribution in [3.8, 4) is 0 Å². The third-order valence-electron chi connectivity index (χ3n) is 3.15. The second-order valence-corrected chi connectivity index (χ2v) is 5.10. The van der Waals surface area contributed by atoms with Gasteiger partial charge in [0.2, 0.25) is 0 Å². The molecule has 0 amide bonds. The van der Waals surface area contributed by atoms with E-state index in [1.54, 1.807) is 6.92 Å². The minimum absolute atomic E-state index is 0.307. The van der Waals surface area contributed by atoms with Crippen LogP contribution in [0.1, 0.15) is 12.6 Å². The summed E-state index contributed by atoms with van der Waals surface area (Å²) in [4.78, 5) is 11.2. The van der Waals surface area contributed by atoms with Crippen molar-refractivity contribution >= 4 is 32.8 Å². The molecule has 0 spiro atoms. The number of fused-ring (bicyclic) bond motifs is 1. The Bertz CT molecular complexity index is 606. The van der Waals surface area contributed by atoms with E-state index < -0.39 is 12.1 Å². The summed E-state index contributed by atoms with van der Waals surface area (Å²) < 4.78 is 8.27. The van der Waals surface area contributed by atoms with Crippen molar-refractivity contribution in [3.05, 3.63) is 34.4 Å². The lowest BCUT2D eigenvalue weighted by Gasteiger charge is -2.15. The molecule has 1 N–H and O–H groups in total. The van der Waals surface area contributed by atoms with Gasteiger partial charge in [0.25, 0.3) is 0 Å². The van der Waals surface area contributed by atoms with Crippen LogP contribution in [0.15, 0.2) is 28.7 Å². The fourth-order valence-corrected chi connectivity index (χ4v) is 2.74. The summed E-state index contributed by atoms with van der Waals surface area (Å²) >= 11 is 3.56. The van der Waals surface area contributed by atoms with Crippen LogP contribution in [-0.2, 0) is 16.1 Å². The zero-order chi connectivity index (χ0) is 14.0. The van der Waals surface area contributed by atoms with Gasteiger partial charge >= 0.3 is 5.97 Å². The molecule has 4 nitrogen and oxygen atoms in total. The predicted molar refractivity (Wildman–Crippen MR) is 77.4 cm³/mol. The van der Waals surface area contributed by atoms with E-state index in [1.807, 2.05) is 35.8 Å². The van der Waals surface area contributed by atoms with E-state index in [1.165, 1.54) is 0 Å². The molecular weight excluding hydrogens is 310 g/mol. The first-order valence-electron chi connectivity index (χ1n) is 6.14. The number of rotatable bonds is 5. The maximum absolute atomic E-state index is 11.2. The smallest absolute Gasteiger partial charge is 0.334 e. The van der Waals surface area contributed by atoms with E-state index in [9.17, 15) is 9.90 Å². The van der Waals surface area contributed by atoms with Crippen LogP contribution in [0.3, 0.4) is 0 Å². The number of nitrogens with zero attached hydrogens (tertiary/aromatic N) is 1. The lowest BCUT2D eigenvalue weighted by Crippen LogP contribution is -2.29. The highest BCUT2D eigenvalue weighted by Crippen LogP contribution is 2.30. The van der Waals surface area contributed by atoms with Gasteiger partial charge in [0.15, 0.2) is 6.10 Å². The molecule has 0 radical (unpaired) electrons. The van der Waals surface area contributed by atoms with Crippen molar-refractivity contribution in [2.24, 2.45) is 0 Å². The second kappa shape index (κ2) is 5.75. The summed E-state index contributed by atoms with van der Waals surface area (Å²) in [7, 11) is 0. The van der Waals surface area contributed by atoms with Gasteiger partial charge in [-0.2, -0.15) is 0 Å². The highest BCUT2D eigenvalue weighted by atomic mass is 79.9. The van der Waals surface area contributed by atoms with Crippen LogP contribution in [0, 0.1) is 6.92 Å². The minimum Gasteiger partial charge on any atom is -0.479 e. The summed E-state index contributed by atoms with van der Waals surface area (Å²) in [5.74, 6) is -0.935. The molecule has 1 unspecified atom stereocenters. The molecule has 0 aliphatic heterocycles. The third-order valence-corrected chi connectivity index (χ3v) is 4.15. The number of carboxylic acid groups (broad SMARTS) is 1. The van der Waals surface area contributed by atoms with E-state index in [0.717, 1.165) is 21.1 Å². The van der Waals surface area contributed by atoms with Crippen molar-refractivity contribution in [3.63, 3.8) is 0 Å². The monoisotopic (exact) mass is 325 g/mol. The molecule has 2 rings (SSSR count). The summed E-state index contributed by atoms with van der Waals surface area (Å²) in [6, 6.07) is 7.91. The van der Waals surface area contributed by atoms with Gasteiger partial charge in [-0.1, -0.05) is 18.2 Å². The summed E-state index contributed by atoms with van der Waals surface area (Å²) in [6.07, 6.45) is -0.827. The van der Waals surface area contributed by atoms with Crippen LogP contribution >= 0.6 is 15.9 Å². The van der Waals surface area contributed by atoms with Crippen LogP contribution in [0.4, 0.5) is 0 Å². The lowest BCUT2D eigenvalue weighted by atomic mass is 10.2. The third kappa shape index (κ3) is 2.67. The lowest BCUT2D eigenvalue weighted by molar-refractivity contribution is -0.150. The first-order valence-corrected chi connectivity index (χ1v) is 6.93. The van der Waals surface area contributed by atoms with Gasteiger partial charge in [0.05, 0.1) is 6.54 Å². The van der Waals surface area contributed by atoms with Crippen molar-refractivity contribution in [1.29, 1.82) is 0 Å². The Balaban J connectivity index is 2.44. The number of halogens is 1. The van der Waals surface area contributed by atoms with Gasteiger partial charge in [-0.3, -0.25) is 0 Å². The number of benzene rings is 1. The van der Waals surface area contributed by atoms with E-state index in [4.69, 9.17) is 4.74 Å². The molecule has 2 aromatic rings. The van der Waals surface area contributed by atoms with Gasteiger partial charge in [0.1, 0.15) is 0 Å². The molecule has 1 aromatic heterocycles. The number of aromatic nitrogens is 1. The molecule has 19 heavy (non-hydrogen) atoms. The molecule has 0 aliphatic rings. The number of ether oxygens (including phenoxy) is 1. The Labute approximate surface area is 120 Å².